The number of rotatable bonds is 3. The number of hydrogen-bond acceptors (Lipinski definition) is 3. The molecule has 5 heteroatoms. The molecule has 13 heavy (non-hydrogen) atoms. The van der Waals surface area contributed by atoms with Crippen molar-refractivity contribution in [1.29, 1.82) is 0 Å². The third-order valence-corrected chi connectivity index (χ3v) is 2.44. The van der Waals surface area contributed by atoms with Gasteiger partial charge in [0.2, 0.25) is 5.91 Å². The van der Waals surface area contributed by atoms with Crippen LogP contribution >= 0.6 is 0 Å². The van der Waals surface area contributed by atoms with Gasteiger partial charge in [-0.25, -0.2) is 4.79 Å². The minimum absolute atomic E-state index is 0.215. The van der Waals surface area contributed by atoms with Crippen molar-refractivity contribution in [3.8, 4) is 0 Å². The van der Waals surface area contributed by atoms with Gasteiger partial charge < -0.3 is 10.5 Å². The van der Waals surface area contributed by atoms with Crippen LogP contribution in [0.15, 0.2) is 0 Å². The zero-order valence-electron chi connectivity index (χ0n) is 7.63. The van der Waals surface area contributed by atoms with Crippen LogP contribution in [0.3, 0.4) is 0 Å². The molecule has 0 atom stereocenters. The minimum atomic E-state index is -0.810. The molecule has 0 aliphatic heterocycles. The van der Waals surface area contributed by atoms with E-state index in [1.165, 1.54) is 0 Å². The van der Waals surface area contributed by atoms with Gasteiger partial charge in [-0.1, -0.05) is 0 Å². The fraction of sp³-hybridized carbons (Fsp3) is 0.750. The molecule has 0 unspecified atom stereocenters. The first-order chi connectivity index (χ1) is 6.08. The van der Waals surface area contributed by atoms with E-state index in [-0.39, 0.29) is 17.9 Å². The average molecular weight is 186 g/mol. The van der Waals surface area contributed by atoms with Crippen LogP contribution in [-0.4, -0.2) is 24.6 Å². The third kappa shape index (κ3) is 2.42. The largest absolute Gasteiger partial charge is 0.378 e. The Morgan fingerprint density at radius 3 is 2.46 bits per heavy atom. The summed E-state index contributed by atoms with van der Waals surface area (Å²) in [4.78, 5) is 21.5. The topological polar surface area (TPSA) is 81.4 Å². The molecular weight excluding hydrogens is 172 g/mol. The molecule has 1 rings (SSSR count). The lowest BCUT2D eigenvalue weighted by molar-refractivity contribution is -0.133. The highest BCUT2D eigenvalue weighted by molar-refractivity contribution is 5.93. The summed E-state index contributed by atoms with van der Waals surface area (Å²) in [6.07, 6.45) is 3.02. The Morgan fingerprint density at radius 1 is 1.54 bits per heavy atom. The van der Waals surface area contributed by atoms with E-state index in [2.05, 4.69) is 0 Å². The fourth-order valence-corrected chi connectivity index (χ4v) is 1.50. The summed E-state index contributed by atoms with van der Waals surface area (Å²) in [7, 11) is 1.58. The van der Waals surface area contributed by atoms with Crippen molar-refractivity contribution in [1.82, 2.24) is 5.32 Å². The molecule has 0 aromatic rings. The van der Waals surface area contributed by atoms with Crippen LogP contribution in [-0.2, 0) is 9.53 Å². The lowest BCUT2D eigenvalue weighted by Crippen LogP contribution is -2.46. The third-order valence-electron chi connectivity index (χ3n) is 2.44. The lowest BCUT2D eigenvalue weighted by atomic mass is 9.77. The number of amides is 3. The molecule has 0 heterocycles. The number of nitrogens with one attached hydrogen (secondary N) is 1. The number of urea groups is 1. The Bertz CT molecular complexity index is 218. The smallest absolute Gasteiger partial charge is 0.318 e. The van der Waals surface area contributed by atoms with Crippen molar-refractivity contribution in [3.05, 3.63) is 0 Å². The zero-order valence-corrected chi connectivity index (χ0v) is 7.63. The maximum Gasteiger partial charge on any atom is 0.318 e. The molecule has 5 nitrogen and oxygen atoms in total. The van der Waals surface area contributed by atoms with Gasteiger partial charge in [0.05, 0.1) is 12.0 Å². The van der Waals surface area contributed by atoms with Crippen LogP contribution in [0, 0.1) is 0 Å². The number of ether oxygens (including phenoxy) is 1. The first-order valence-electron chi connectivity index (χ1n) is 4.22. The van der Waals surface area contributed by atoms with Crippen molar-refractivity contribution in [2.24, 2.45) is 5.73 Å². The molecule has 74 valence electrons. The summed E-state index contributed by atoms with van der Waals surface area (Å²) < 4.78 is 5.21. The Labute approximate surface area is 76.6 Å². The first kappa shape index (κ1) is 9.98. The molecule has 1 aliphatic carbocycles. The van der Waals surface area contributed by atoms with Gasteiger partial charge in [0.25, 0.3) is 0 Å². The number of carbonyl (C=O) groups is 2. The fourth-order valence-electron chi connectivity index (χ4n) is 1.50. The number of imide groups is 1. The standard InChI is InChI=1S/C8H14N2O3/c1-13-8(3-2-4-8)5-6(11)10-7(9)12/h2-5H2,1H3,(H3,9,10,11,12). The highest BCUT2D eigenvalue weighted by atomic mass is 16.5. The maximum absolute atomic E-state index is 11.1. The number of methoxy groups -OCH3 is 1. The van der Waals surface area contributed by atoms with Crippen molar-refractivity contribution >= 4 is 11.9 Å². The molecule has 3 N–H and O–H groups in total. The summed E-state index contributed by atoms with van der Waals surface area (Å²) in [6.45, 7) is 0. The van der Waals surface area contributed by atoms with Crippen LogP contribution in [0.4, 0.5) is 4.79 Å². The summed E-state index contributed by atoms with van der Waals surface area (Å²) in [5, 5.41) is 2.02. The van der Waals surface area contributed by atoms with Crippen molar-refractivity contribution in [2.75, 3.05) is 7.11 Å². The number of nitrogens with two attached hydrogens (primary N) is 1. The van der Waals surface area contributed by atoms with Crippen LogP contribution in [0.2, 0.25) is 0 Å². The van der Waals surface area contributed by atoms with Gasteiger partial charge in [0.15, 0.2) is 0 Å². The highest BCUT2D eigenvalue weighted by Gasteiger charge is 2.39. The van der Waals surface area contributed by atoms with Gasteiger partial charge in [0, 0.05) is 7.11 Å². The molecule has 0 aromatic carbocycles. The summed E-state index contributed by atoms with van der Waals surface area (Å²) in [5.41, 5.74) is 4.45. The van der Waals surface area contributed by atoms with E-state index >= 15 is 0 Å². The summed E-state index contributed by atoms with van der Waals surface area (Å²) in [6, 6.07) is -0.810. The molecule has 0 bridgehead atoms. The van der Waals surface area contributed by atoms with Gasteiger partial charge in [0.1, 0.15) is 0 Å². The van der Waals surface area contributed by atoms with Gasteiger partial charge in [-0.05, 0) is 19.3 Å². The summed E-state index contributed by atoms with van der Waals surface area (Å²) in [5.74, 6) is -0.367. The van der Waals surface area contributed by atoms with Crippen molar-refractivity contribution in [3.63, 3.8) is 0 Å². The molecule has 1 saturated carbocycles. The Morgan fingerprint density at radius 2 is 2.15 bits per heavy atom. The lowest BCUT2D eigenvalue weighted by Gasteiger charge is -2.39. The van der Waals surface area contributed by atoms with Crippen LogP contribution < -0.4 is 11.1 Å². The van der Waals surface area contributed by atoms with E-state index in [1.807, 2.05) is 5.32 Å². The maximum atomic E-state index is 11.1. The van der Waals surface area contributed by atoms with E-state index in [4.69, 9.17) is 10.5 Å². The van der Waals surface area contributed by atoms with E-state index in [0.29, 0.717) is 0 Å². The molecule has 1 aliphatic rings. The van der Waals surface area contributed by atoms with Crippen LogP contribution in [0.1, 0.15) is 25.7 Å². The first-order valence-corrected chi connectivity index (χ1v) is 4.22. The van der Waals surface area contributed by atoms with Crippen LogP contribution in [0.5, 0.6) is 0 Å². The average Bonchev–Trinajstić information content (AvgIpc) is 1.95. The van der Waals surface area contributed by atoms with E-state index in [1.54, 1.807) is 7.11 Å². The molecular formula is C8H14N2O3. The summed E-state index contributed by atoms with van der Waals surface area (Å²) >= 11 is 0. The number of carbonyl (C=O) groups excluding carboxylic acids is 2. The quantitative estimate of drug-likeness (QED) is 0.657. The van der Waals surface area contributed by atoms with E-state index in [9.17, 15) is 9.59 Å². The Hall–Kier alpha value is -1.10. The molecule has 0 aromatic heterocycles. The normalized spacial score (nSPS) is 18.8. The van der Waals surface area contributed by atoms with Gasteiger partial charge in [-0.2, -0.15) is 0 Å². The predicted octanol–water partition coefficient (Wildman–Crippen LogP) is 0.140. The minimum Gasteiger partial charge on any atom is -0.378 e. The molecule has 0 saturated heterocycles. The zero-order chi connectivity index (χ0) is 9.90. The predicted molar refractivity (Wildman–Crippen MR) is 45.9 cm³/mol. The number of primary amides is 1. The second-order valence-electron chi connectivity index (χ2n) is 3.33. The second kappa shape index (κ2) is 3.74. The monoisotopic (exact) mass is 186 g/mol. The number of hydrogen-bond donors (Lipinski definition) is 2. The molecule has 0 radical (unpaired) electrons. The highest BCUT2D eigenvalue weighted by Crippen LogP contribution is 2.37. The molecule has 3 amide bonds. The Kier molecular flexibility index (Phi) is 2.87. The van der Waals surface area contributed by atoms with Gasteiger partial charge >= 0.3 is 6.03 Å². The molecule has 0 spiro atoms. The van der Waals surface area contributed by atoms with Crippen LogP contribution in [0.25, 0.3) is 0 Å². The SMILES string of the molecule is COC1(CC(=O)NC(N)=O)CCC1. The second-order valence-corrected chi connectivity index (χ2v) is 3.33. The van der Waals surface area contributed by atoms with E-state index in [0.717, 1.165) is 19.3 Å². The van der Waals surface area contributed by atoms with E-state index < -0.39 is 6.03 Å². The van der Waals surface area contributed by atoms with Crippen molar-refractivity contribution < 1.29 is 14.3 Å². The van der Waals surface area contributed by atoms with Gasteiger partial charge in [-0.3, -0.25) is 10.1 Å². The van der Waals surface area contributed by atoms with Crippen molar-refractivity contribution in [2.45, 2.75) is 31.3 Å². The van der Waals surface area contributed by atoms with Gasteiger partial charge in [-0.15, -0.1) is 0 Å². The molecule has 1 fully saturated rings. The Balaban J connectivity index is 2.38.